The molecule has 8 nitrogen and oxygen atoms in total. The highest BCUT2D eigenvalue weighted by Crippen LogP contribution is 2.20. The fraction of sp³-hybridized carbons (Fsp3) is 0.615. The van der Waals surface area contributed by atoms with Gasteiger partial charge >= 0.3 is 6.09 Å². The van der Waals surface area contributed by atoms with Crippen LogP contribution in [0.5, 0.6) is 0 Å². The second kappa shape index (κ2) is 6.47. The van der Waals surface area contributed by atoms with Gasteiger partial charge in [-0.25, -0.2) is 4.79 Å². The van der Waals surface area contributed by atoms with E-state index in [2.05, 4.69) is 20.3 Å². The Labute approximate surface area is 123 Å². The first-order valence-corrected chi connectivity index (χ1v) is 7.03. The lowest BCUT2D eigenvalue weighted by molar-refractivity contribution is 0.0783. The minimum atomic E-state index is -0.487. The van der Waals surface area contributed by atoms with E-state index in [-0.39, 0.29) is 17.6 Å². The monoisotopic (exact) mass is 295 g/mol. The number of aromatic amines is 1. The van der Waals surface area contributed by atoms with Crippen LogP contribution in [0.1, 0.15) is 35.9 Å². The molecule has 1 aliphatic heterocycles. The van der Waals surface area contributed by atoms with E-state index < -0.39 is 6.09 Å². The number of nitrogens with two attached hydrogens (primary N) is 1. The quantitative estimate of drug-likeness (QED) is 0.749. The van der Waals surface area contributed by atoms with Gasteiger partial charge < -0.3 is 20.7 Å². The number of amides is 2. The van der Waals surface area contributed by atoms with Crippen molar-refractivity contribution in [3.63, 3.8) is 0 Å². The number of H-pyrrole nitrogens is 1. The van der Waals surface area contributed by atoms with Gasteiger partial charge in [-0.2, -0.15) is 5.10 Å². The van der Waals surface area contributed by atoms with Crippen LogP contribution in [-0.4, -0.2) is 53.3 Å². The Morgan fingerprint density at radius 1 is 1.57 bits per heavy atom. The second-order valence-corrected chi connectivity index (χ2v) is 5.09. The summed E-state index contributed by atoms with van der Waals surface area (Å²) in [6, 6.07) is -0.100. The molecule has 0 saturated carbocycles. The van der Waals surface area contributed by atoms with Crippen molar-refractivity contribution < 1.29 is 14.3 Å². The standard InChI is InChI=1S/C13H21N5O3/c1-3-4-9-10(14)11(17-16-9)12(19)18-6-5-8(7-18)15-13(20)21-2/h8H,3-7,14H2,1-2H3,(H,15,20)(H,16,17). The number of nitrogens with zero attached hydrogens (tertiary/aromatic N) is 2. The first-order valence-electron chi connectivity index (χ1n) is 7.03. The van der Waals surface area contributed by atoms with Gasteiger partial charge in [-0.05, 0) is 12.8 Å². The van der Waals surface area contributed by atoms with E-state index in [1.165, 1.54) is 7.11 Å². The van der Waals surface area contributed by atoms with E-state index in [1.54, 1.807) is 4.90 Å². The van der Waals surface area contributed by atoms with E-state index in [0.717, 1.165) is 18.5 Å². The zero-order valence-electron chi connectivity index (χ0n) is 12.3. The summed E-state index contributed by atoms with van der Waals surface area (Å²) in [4.78, 5) is 25.2. The molecular weight excluding hydrogens is 274 g/mol. The lowest BCUT2D eigenvalue weighted by Gasteiger charge is -2.16. The number of hydrogen-bond acceptors (Lipinski definition) is 5. The molecule has 4 N–H and O–H groups in total. The predicted octanol–water partition coefficient (Wildman–Crippen LogP) is 0.515. The molecule has 8 heteroatoms. The van der Waals surface area contributed by atoms with Crippen LogP contribution in [0.15, 0.2) is 0 Å². The number of nitrogen functional groups attached to an aromatic ring is 1. The highest BCUT2D eigenvalue weighted by atomic mass is 16.5. The SMILES string of the molecule is CCCc1[nH]nc(C(=O)N2CCC(NC(=O)OC)C2)c1N. The molecule has 0 spiro atoms. The number of alkyl carbamates (subject to hydrolysis) is 1. The summed E-state index contributed by atoms with van der Waals surface area (Å²) in [7, 11) is 1.31. The Morgan fingerprint density at radius 2 is 2.33 bits per heavy atom. The Kier molecular flexibility index (Phi) is 4.66. The number of likely N-dealkylation sites (tertiary alicyclic amines) is 1. The molecular formula is C13H21N5O3. The highest BCUT2D eigenvalue weighted by Gasteiger charge is 2.30. The number of carbonyl (C=O) groups is 2. The van der Waals surface area contributed by atoms with Gasteiger partial charge in [-0.15, -0.1) is 0 Å². The minimum Gasteiger partial charge on any atom is -0.453 e. The Bertz CT molecular complexity index is 528. The molecule has 1 unspecified atom stereocenters. The minimum absolute atomic E-state index is 0.100. The molecule has 21 heavy (non-hydrogen) atoms. The molecule has 1 aromatic heterocycles. The molecule has 0 aliphatic carbocycles. The van der Waals surface area contributed by atoms with Gasteiger partial charge in [-0.1, -0.05) is 13.3 Å². The third-order valence-corrected chi connectivity index (χ3v) is 3.57. The first-order chi connectivity index (χ1) is 10.1. The normalized spacial score (nSPS) is 17.8. The van der Waals surface area contributed by atoms with E-state index in [9.17, 15) is 9.59 Å². The van der Waals surface area contributed by atoms with Crippen molar-refractivity contribution in [3.8, 4) is 0 Å². The van der Waals surface area contributed by atoms with Crippen LogP contribution in [0.3, 0.4) is 0 Å². The topological polar surface area (TPSA) is 113 Å². The van der Waals surface area contributed by atoms with Crippen molar-refractivity contribution in [1.82, 2.24) is 20.4 Å². The number of aromatic nitrogens is 2. The summed E-state index contributed by atoms with van der Waals surface area (Å²) in [6.45, 7) is 3.03. The van der Waals surface area contributed by atoms with E-state index >= 15 is 0 Å². The van der Waals surface area contributed by atoms with Crippen LogP contribution >= 0.6 is 0 Å². The molecule has 2 amide bonds. The lowest BCUT2D eigenvalue weighted by atomic mass is 10.2. The summed E-state index contributed by atoms with van der Waals surface area (Å²) in [6.07, 6.45) is 1.89. The number of aryl methyl sites for hydroxylation is 1. The van der Waals surface area contributed by atoms with Gasteiger partial charge in [-0.3, -0.25) is 9.89 Å². The Balaban J connectivity index is 2.00. The largest absolute Gasteiger partial charge is 0.453 e. The molecule has 116 valence electrons. The van der Waals surface area contributed by atoms with Crippen LogP contribution in [0.2, 0.25) is 0 Å². The first kappa shape index (κ1) is 15.1. The maximum Gasteiger partial charge on any atom is 0.407 e. The number of carbonyl (C=O) groups excluding carboxylic acids is 2. The number of ether oxygens (including phenoxy) is 1. The molecule has 2 heterocycles. The van der Waals surface area contributed by atoms with Gasteiger partial charge in [0.2, 0.25) is 0 Å². The molecule has 0 bridgehead atoms. The van der Waals surface area contributed by atoms with Gasteiger partial charge in [0.25, 0.3) is 5.91 Å². The smallest absolute Gasteiger partial charge is 0.407 e. The Hall–Kier alpha value is -2.25. The van der Waals surface area contributed by atoms with Crippen molar-refractivity contribution in [3.05, 3.63) is 11.4 Å². The van der Waals surface area contributed by atoms with Gasteiger partial charge in [0, 0.05) is 13.1 Å². The molecule has 0 aromatic carbocycles. The maximum absolute atomic E-state index is 12.4. The van der Waals surface area contributed by atoms with E-state index in [4.69, 9.17) is 5.73 Å². The third kappa shape index (κ3) is 3.26. The fourth-order valence-electron chi connectivity index (χ4n) is 2.43. The average Bonchev–Trinajstić information content (AvgIpc) is 3.07. The number of nitrogens with one attached hydrogen (secondary N) is 2. The van der Waals surface area contributed by atoms with Crippen molar-refractivity contribution in [2.24, 2.45) is 0 Å². The van der Waals surface area contributed by atoms with Crippen molar-refractivity contribution in [2.45, 2.75) is 32.2 Å². The summed E-state index contributed by atoms with van der Waals surface area (Å²) in [5, 5.41) is 9.54. The highest BCUT2D eigenvalue weighted by molar-refractivity contribution is 5.97. The molecule has 2 rings (SSSR count). The van der Waals surface area contributed by atoms with Crippen molar-refractivity contribution in [1.29, 1.82) is 0 Å². The summed E-state index contributed by atoms with van der Waals surface area (Å²) in [5.41, 5.74) is 7.44. The predicted molar refractivity (Wildman–Crippen MR) is 76.8 cm³/mol. The molecule has 1 fully saturated rings. The zero-order chi connectivity index (χ0) is 15.4. The maximum atomic E-state index is 12.4. The third-order valence-electron chi connectivity index (χ3n) is 3.57. The molecule has 0 radical (unpaired) electrons. The van der Waals surface area contributed by atoms with Crippen LogP contribution in [0, 0.1) is 0 Å². The van der Waals surface area contributed by atoms with Crippen LogP contribution < -0.4 is 11.1 Å². The van der Waals surface area contributed by atoms with Gasteiger partial charge in [0.05, 0.1) is 24.5 Å². The Morgan fingerprint density at radius 3 is 3.00 bits per heavy atom. The second-order valence-electron chi connectivity index (χ2n) is 5.09. The summed E-state index contributed by atoms with van der Waals surface area (Å²) in [5.74, 6) is -0.208. The van der Waals surface area contributed by atoms with Crippen molar-refractivity contribution in [2.75, 3.05) is 25.9 Å². The zero-order valence-corrected chi connectivity index (χ0v) is 12.3. The van der Waals surface area contributed by atoms with Crippen LogP contribution in [0.4, 0.5) is 10.5 Å². The average molecular weight is 295 g/mol. The molecule has 1 aliphatic rings. The molecule has 1 aromatic rings. The number of methoxy groups -OCH3 is 1. The number of hydrogen-bond donors (Lipinski definition) is 3. The number of rotatable bonds is 4. The van der Waals surface area contributed by atoms with Gasteiger partial charge in [0.1, 0.15) is 0 Å². The van der Waals surface area contributed by atoms with Crippen LogP contribution in [-0.2, 0) is 11.2 Å². The van der Waals surface area contributed by atoms with E-state index in [1.807, 2.05) is 6.92 Å². The lowest BCUT2D eigenvalue weighted by Crippen LogP contribution is -2.38. The summed E-state index contributed by atoms with van der Waals surface area (Å²) < 4.78 is 4.55. The number of anilines is 1. The van der Waals surface area contributed by atoms with Crippen molar-refractivity contribution >= 4 is 17.7 Å². The van der Waals surface area contributed by atoms with Crippen LogP contribution in [0.25, 0.3) is 0 Å². The molecule has 1 saturated heterocycles. The van der Waals surface area contributed by atoms with Gasteiger partial charge in [0.15, 0.2) is 5.69 Å². The van der Waals surface area contributed by atoms with E-state index in [0.29, 0.717) is 25.2 Å². The molecule has 1 atom stereocenters. The summed E-state index contributed by atoms with van der Waals surface area (Å²) >= 11 is 0. The fourth-order valence-corrected chi connectivity index (χ4v) is 2.43.